The summed E-state index contributed by atoms with van der Waals surface area (Å²) < 4.78 is 5.08. The van der Waals surface area contributed by atoms with E-state index in [9.17, 15) is 4.79 Å². The quantitative estimate of drug-likeness (QED) is 0.628. The third-order valence-corrected chi connectivity index (χ3v) is 3.31. The van der Waals surface area contributed by atoms with Gasteiger partial charge in [-0.25, -0.2) is 0 Å². The van der Waals surface area contributed by atoms with Gasteiger partial charge in [-0.1, -0.05) is 0 Å². The average Bonchev–Trinajstić information content (AvgIpc) is 3.04. The molecule has 2 saturated carbocycles. The van der Waals surface area contributed by atoms with Crippen LogP contribution in [0.15, 0.2) is 0 Å². The Morgan fingerprint density at radius 3 is 2.53 bits per heavy atom. The summed E-state index contributed by atoms with van der Waals surface area (Å²) in [4.78, 5) is 14.0. The maximum Gasteiger partial charge on any atom is 0.323 e. The van der Waals surface area contributed by atoms with Gasteiger partial charge in [0.05, 0.1) is 6.61 Å². The molecular weight excluding hydrogens is 190 g/mol. The molecule has 2 rings (SSSR count). The van der Waals surface area contributed by atoms with Gasteiger partial charge in [0.25, 0.3) is 0 Å². The number of carbonyl (C=O) groups is 1. The van der Waals surface area contributed by atoms with Crippen LogP contribution < -0.4 is 0 Å². The average molecular weight is 211 g/mol. The number of hydrogen-bond donors (Lipinski definition) is 0. The molecule has 0 aliphatic heterocycles. The molecule has 0 aromatic rings. The van der Waals surface area contributed by atoms with Crippen molar-refractivity contribution in [3.63, 3.8) is 0 Å². The van der Waals surface area contributed by atoms with Crippen LogP contribution in [0.1, 0.15) is 39.5 Å². The second-order valence-corrected chi connectivity index (χ2v) is 4.80. The van der Waals surface area contributed by atoms with Gasteiger partial charge >= 0.3 is 5.97 Å². The maximum absolute atomic E-state index is 11.7. The lowest BCUT2D eigenvalue weighted by molar-refractivity contribution is -0.149. The van der Waals surface area contributed by atoms with Gasteiger partial charge in [-0.3, -0.25) is 9.69 Å². The van der Waals surface area contributed by atoms with Crippen molar-refractivity contribution in [3.05, 3.63) is 0 Å². The minimum Gasteiger partial charge on any atom is -0.465 e. The molecule has 0 N–H and O–H groups in total. The van der Waals surface area contributed by atoms with Gasteiger partial charge in [0.15, 0.2) is 0 Å². The van der Waals surface area contributed by atoms with Crippen LogP contribution in [0.4, 0.5) is 0 Å². The second kappa shape index (κ2) is 4.52. The van der Waals surface area contributed by atoms with E-state index in [1.54, 1.807) is 0 Å². The molecule has 3 heteroatoms. The first-order valence-electron chi connectivity index (χ1n) is 6.14. The number of rotatable bonds is 6. The zero-order valence-corrected chi connectivity index (χ0v) is 9.74. The summed E-state index contributed by atoms with van der Waals surface area (Å²) in [6.07, 6.45) is 5.21. The van der Waals surface area contributed by atoms with Crippen molar-refractivity contribution >= 4 is 5.97 Å². The van der Waals surface area contributed by atoms with E-state index in [1.807, 2.05) is 13.8 Å². The number of hydrogen-bond acceptors (Lipinski definition) is 3. The normalized spacial score (nSPS) is 22.9. The SMILES string of the molecule is CCOC(=O)C(C)N(CC1CC1)C1CC1. The van der Waals surface area contributed by atoms with Crippen LogP contribution in [0.5, 0.6) is 0 Å². The number of carbonyl (C=O) groups excluding carboxylic acids is 1. The molecular formula is C12H21NO2. The van der Waals surface area contributed by atoms with Crippen molar-refractivity contribution in [1.29, 1.82) is 0 Å². The zero-order chi connectivity index (χ0) is 10.8. The molecule has 0 aromatic carbocycles. The van der Waals surface area contributed by atoms with Gasteiger partial charge in [-0.15, -0.1) is 0 Å². The molecule has 2 aliphatic carbocycles. The Labute approximate surface area is 91.8 Å². The largest absolute Gasteiger partial charge is 0.465 e. The summed E-state index contributed by atoms with van der Waals surface area (Å²) in [5, 5.41) is 0. The van der Waals surface area contributed by atoms with E-state index >= 15 is 0 Å². The van der Waals surface area contributed by atoms with Crippen molar-refractivity contribution in [2.75, 3.05) is 13.2 Å². The van der Waals surface area contributed by atoms with E-state index in [0.29, 0.717) is 12.6 Å². The lowest BCUT2D eigenvalue weighted by Crippen LogP contribution is -2.42. The highest BCUT2D eigenvalue weighted by Crippen LogP contribution is 2.36. The summed E-state index contributed by atoms with van der Waals surface area (Å²) in [6, 6.07) is 0.614. The Kier molecular flexibility index (Phi) is 3.29. The molecule has 86 valence electrons. The predicted octanol–water partition coefficient (Wildman–Crippen LogP) is 1.81. The molecule has 0 radical (unpaired) electrons. The topological polar surface area (TPSA) is 29.5 Å². The number of esters is 1. The van der Waals surface area contributed by atoms with E-state index in [0.717, 1.165) is 12.5 Å². The predicted molar refractivity (Wildman–Crippen MR) is 58.5 cm³/mol. The van der Waals surface area contributed by atoms with Crippen LogP contribution in [0.2, 0.25) is 0 Å². The third-order valence-electron chi connectivity index (χ3n) is 3.31. The van der Waals surface area contributed by atoms with Gasteiger partial charge in [-0.2, -0.15) is 0 Å². The smallest absolute Gasteiger partial charge is 0.323 e. The monoisotopic (exact) mass is 211 g/mol. The number of nitrogens with zero attached hydrogens (tertiary/aromatic N) is 1. The summed E-state index contributed by atoms with van der Waals surface area (Å²) in [7, 11) is 0. The lowest BCUT2D eigenvalue weighted by Gasteiger charge is -2.27. The Morgan fingerprint density at radius 2 is 2.07 bits per heavy atom. The molecule has 0 heterocycles. The van der Waals surface area contributed by atoms with Crippen molar-refractivity contribution in [2.24, 2.45) is 5.92 Å². The van der Waals surface area contributed by atoms with Gasteiger partial charge in [0.1, 0.15) is 6.04 Å². The van der Waals surface area contributed by atoms with Crippen LogP contribution in [0.25, 0.3) is 0 Å². The first-order chi connectivity index (χ1) is 7.22. The molecule has 0 saturated heterocycles. The molecule has 0 spiro atoms. The van der Waals surface area contributed by atoms with Crippen LogP contribution in [-0.4, -0.2) is 36.1 Å². The van der Waals surface area contributed by atoms with Crippen molar-refractivity contribution < 1.29 is 9.53 Å². The van der Waals surface area contributed by atoms with Crippen molar-refractivity contribution in [3.8, 4) is 0 Å². The first-order valence-corrected chi connectivity index (χ1v) is 6.14. The van der Waals surface area contributed by atoms with E-state index in [2.05, 4.69) is 4.90 Å². The Hall–Kier alpha value is -0.570. The van der Waals surface area contributed by atoms with Gasteiger partial charge in [0, 0.05) is 12.6 Å². The minimum atomic E-state index is -0.0509. The lowest BCUT2D eigenvalue weighted by atomic mass is 10.2. The van der Waals surface area contributed by atoms with Gasteiger partial charge < -0.3 is 4.74 Å². The summed E-state index contributed by atoms with van der Waals surface area (Å²) >= 11 is 0. The molecule has 2 fully saturated rings. The fourth-order valence-electron chi connectivity index (χ4n) is 2.03. The summed E-state index contributed by atoms with van der Waals surface area (Å²) in [5.74, 6) is 0.799. The molecule has 1 unspecified atom stereocenters. The zero-order valence-electron chi connectivity index (χ0n) is 9.74. The van der Waals surface area contributed by atoms with E-state index < -0.39 is 0 Å². The molecule has 15 heavy (non-hydrogen) atoms. The summed E-state index contributed by atoms with van der Waals surface area (Å²) in [6.45, 7) is 5.45. The molecule has 2 aliphatic rings. The van der Waals surface area contributed by atoms with Gasteiger partial charge in [-0.05, 0) is 45.4 Å². The Bertz CT molecular complexity index is 234. The summed E-state index contributed by atoms with van der Waals surface area (Å²) in [5.41, 5.74) is 0. The maximum atomic E-state index is 11.7. The van der Waals surface area contributed by atoms with Crippen molar-refractivity contribution in [1.82, 2.24) is 4.90 Å². The Balaban J connectivity index is 1.87. The molecule has 3 nitrogen and oxygen atoms in total. The highest BCUT2D eigenvalue weighted by Gasteiger charge is 2.38. The number of ether oxygens (including phenoxy) is 1. The van der Waals surface area contributed by atoms with Crippen molar-refractivity contribution in [2.45, 2.75) is 51.6 Å². The fourth-order valence-corrected chi connectivity index (χ4v) is 2.03. The third kappa shape index (κ3) is 2.94. The first kappa shape index (κ1) is 10.9. The van der Waals surface area contributed by atoms with Crippen LogP contribution >= 0.6 is 0 Å². The fraction of sp³-hybridized carbons (Fsp3) is 0.917. The minimum absolute atomic E-state index is 0.0435. The standard InChI is InChI=1S/C12H21NO2/c1-3-15-12(14)9(2)13(11-6-7-11)8-10-4-5-10/h9-11H,3-8H2,1-2H3. The molecule has 0 aromatic heterocycles. The molecule has 1 atom stereocenters. The van der Waals surface area contributed by atoms with Crippen LogP contribution in [-0.2, 0) is 9.53 Å². The molecule has 0 amide bonds. The second-order valence-electron chi connectivity index (χ2n) is 4.80. The Morgan fingerprint density at radius 1 is 1.40 bits per heavy atom. The van der Waals surface area contributed by atoms with Crippen LogP contribution in [0, 0.1) is 5.92 Å². The van der Waals surface area contributed by atoms with E-state index in [4.69, 9.17) is 4.74 Å². The van der Waals surface area contributed by atoms with E-state index in [1.165, 1.54) is 25.7 Å². The highest BCUT2D eigenvalue weighted by atomic mass is 16.5. The molecule has 0 bridgehead atoms. The highest BCUT2D eigenvalue weighted by molar-refractivity contribution is 5.75. The van der Waals surface area contributed by atoms with E-state index in [-0.39, 0.29) is 12.0 Å². The van der Waals surface area contributed by atoms with Gasteiger partial charge in [0.2, 0.25) is 0 Å². The van der Waals surface area contributed by atoms with Crippen LogP contribution in [0.3, 0.4) is 0 Å².